The van der Waals surface area contributed by atoms with Crippen molar-refractivity contribution in [3.63, 3.8) is 0 Å². The third kappa shape index (κ3) is 37.1. The number of ketones is 1. The number of nitrogens with zero attached hydrogens (tertiary/aromatic N) is 1. The Morgan fingerprint density at radius 2 is 0.774 bits per heavy atom. The summed E-state index contributed by atoms with van der Waals surface area (Å²) in [7, 11) is 0. The fourth-order valence-corrected chi connectivity index (χ4v) is 7.31. The van der Waals surface area contributed by atoms with E-state index in [0.717, 1.165) is 25.7 Å². The number of amides is 2. The van der Waals surface area contributed by atoms with E-state index in [0.29, 0.717) is 19.5 Å². The summed E-state index contributed by atoms with van der Waals surface area (Å²) in [5.41, 5.74) is -0.654. The number of unbranched alkanes of at least 4 members (excludes halogenated alkanes) is 30. The Bertz CT molecular complexity index is 803. The number of nitrogens with one attached hydrogen (secondary N) is 1. The van der Waals surface area contributed by atoms with E-state index in [2.05, 4.69) is 19.2 Å². The largest absolute Gasteiger partial charge is 0.444 e. The van der Waals surface area contributed by atoms with Crippen LogP contribution in [0.4, 0.5) is 4.79 Å². The van der Waals surface area contributed by atoms with Crippen LogP contribution in [0.2, 0.25) is 0 Å². The van der Waals surface area contributed by atoms with Crippen LogP contribution in [0.3, 0.4) is 0 Å². The Morgan fingerprint density at radius 3 is 1.04 bits per heavy atom. The molecule has 0 saturated heterocycles. The van der Waals surface area contributed by atoms with Gasteiger partial charge in [0.25, 0.3) is 0 Å². The van der Waals surface area contributed by atoms with Crippen LogP contribution in [0.15, 0.2) is 0 Å². The quantitative estimate of drug-likeness (QED) is 0.0635. The van der Waals surface area contributed by atoms with Gasteiger partial charge in [-0.15, -0.1) is 0 Å². The molecule has 0 saturated carbocycles. The lowest BCUT2D eigenvalue weighted by Crippen LogP contribution is -2.50. The molecule has 6 heteroatoms. The van der Waals surface area contributed by atoms with Crippen molar-refractivity contribution in [1.82, 2.24) is 10.2 Å². The van der Waals surface area contributed by atoms with Crippen LogP contribution in [-0.2, 0) is 14.3 Å². The number of Topliss-reactive ketones (excluding diaryl/α,β-unsaturated/α-hetero) is 1. The third-order valence-electron chi connectivity index (χ3n) is 10.6. The van der Waals surface area contributed by atoms with Gasteiger partial charge in [-0.3, -0.25) is 4.79 Å². The molecule has 53 heavy (non-hydrogen) atoms. The first-order chi connectivity index (χ1) is 25.6. The van der Waals surface area contributed by atoms with Gasteiger partial charge in [0.2, 0.25) is 5.91 Å². The van der Waals surface area contributed by atoms with Crippen LogP contribution in [-0.4, -0.2) is 47.4 Å². The summed E-state index contributed by atoms with van der Waals surface area (Å²) in [6.07, 6.45) is 42.3. The van der Waals surface area contributed by atoms with E-state index in [1.165, 1.54) is 180 Å². The summed E-state index contributed by atoms with van der Waals surface area (Å²) in [4.78, 5) is 40.4. The van der Waals surface area contributed by atoms with Crippen LogP contribution in [0.25, 0.3) is 0 Å². The zero-order valence-electron chi connectivity index (χ0n) is 36.6. The van der Waals surface area contributed by atoms with Gasteiger partial charge in [0.1, 0.15) is 17.4 Å². The second-order valence-corrected chi connectivity index (χ2v) is 17.4. The van der Waals surface area contributed by atoms with Gasteiger partial charge < -0.3 is 19.7 Å². The molecule has 0 aromatic heterocycles. The van der Waals surface area contributed by atoms with Gasteiger partial charge in [0.15, 0.2) is 0 Å². The molecule has 0 fully saturated rings. The van der Waals surface area contributed by atoms with Crippen LogP contribution >= 0.6 is 0 Å². The molecule has 0 rings (SSSR count). The maximum absolute atomic E-state index is 13.9. The van der Waals surface area contributed by atoms with E-state index >= 15 is 0 Å². The average molecular weight is 749 g/mol. The predicted molar refractivity (Wildman–Crippen MR) is 229 cm³/mol. The second-order valence-electron chi connectivity index (χ2n) is 17.4. The number of rotatable bonds is 39. The molecule has 0 bridgehead atoms. The lowest BCUT2D eigenvalue weighted by atomic mass is 10.0. The van der Waals surface area contributed by atoms with E-state index < -0.39 is 17.7 Å². The molecular formula is C47H92N2O4. The normalized spacial score (nSPS) is 12.2. The minimum Gasteiger partial charge on any atom is -0.444 e. The van der Waals surface area contributed by atoms with Crippen LogP contribution in [0.5, 0.6) is 0 Å². The van der Waals surface area contributed by atoms with Crippen LogP contribution in [0.1, 0.15) is 260 Å². The Morgan fingerprint density at radius 1 is 0.491 bits per heavy atom. The molecule has 0 aliphatic heterocycles. The Labute approximate surface area is 330 Å². The molecule has 0 aromatic rings. The van der Waals surface area contributed by atoms with Crippen molar-refractivity contribution in [2.24, 2.45) is 0 Å². The number of ether oxygens (including phenoxy) is 1. The van der Waals surface area contributed by atoms with E-state index in [-0.39, 0.29) is 18.1 Å². The number of hydrogen-bond donors (Lipinski definition) is 1. The maximum Gasteiger partial charge on any atom is 0.408 e. The van der Waals surface area contributed by atoms with Gasteiger partial charge in [-0.1, -0.05) is 206 Å². The van der Waals surface area contributed by atoms with Gasteiger partial charge in [0, 0.05) is 19.5 Å². The van der Waals surface area contributed by atoms with E-state index in [1.807, 2.05) is 25.7 Å². The monoisotopic (exact) mass is 749 g/mol. The third-order valence-corrected chi connectivity index (χ3v) is 10.6. The van der Waals surface area contributed by atoms with Gasteiger partial charge in [-0.2, -0.15) is 0 Å². The lowest BCUT2D eigenvalue weighted by Gasteiger charge is -2.29. The van der Waals surface area contributed by atoms with Gasteiger partial charge in [-0.25, -0.2) is 4.79 Å². The molecule has 1 unspecified atom stereocenters. The Hall–Kier alpha value is -1.59. The molecule has 2 amide bonds. The average Bonchev–Trinajstić information content (AvgIpc) is 3.10. The summed E-state index contributed by atoms with van der Waals surface area (Å²) in [6.45, 7) is 13.0. The zero-order chi connectivity index (χ0) is 39.3. The summed E-state index contributed by atoms with van der Waals surface area (Å²) >= 11 is 0. The van der Waals surface area contributed by atoms with Crippen LogP contribution in [0, 0.1) is 0 Å². The lowest BCUT2D eigenvalue weighted by molar-refractivity contribution is -0.134. The molecule has 0 aliphatic carbocycles. The molecule has 0 spiro atoms. The van der Waals surface area contributed by atoms with Crippen LogP contribution < -0.4 is 5.32 Å². The number of alkyl carbamates (subject to hydrolysis) is 1. The highest BCUT2D eigenvalue weighted by molar-refractivity contribution is 5.86. The van der Waals surface area contributed by atoms with Crippen molar-refractivity contribution in [3.8, 4) is 0 Å². The fraction of sp³-hybridized carbons (Fsp3) is 0.936. The first-order valence-electron chi connectivity index (χ1n) is 23.4. The minimum atomic E-state index is -0.740. The molecule has 0 radical (unpaired) electrons. The van der Waals surface area contributed by atoms with Crippen molar-refractivity contribution in [1.29, 1.82) is 0 Å². The second kappa shape index (κ2) is 37.3. The van der Waals surface area contributed by atoms with Crippen molar-refractivity contribution in [3.05, 3.63) is 0 Å². The van der Waals surface area contributed by atoms with E-state index in [1.54, 1.807) is 6.92 Å². The highest BCUT2D eigenvalue weighted by atomic mass is 16.6. The zero-order valence-corrected chi connectivity index (χ0v) is 36.6. The van der Waals surface area contributed by atoms with Gasteiger partial charge >= 0.3 is 6.09 Å². The topological polar surface area (TPSA) is 75.7 Å². The highest BCUT2D eigenvalue weighted by Crippen LogP contribution is 2.17. The smallest absolute Gasteiger partial charge is 0.408 e. The fourth-order valence-electron chi connectivity index (χ4n) is 7.31. The summed E-state index contributed by atoms with van der Waals surface area (Å²) in [5, 5.41) is 2.82. The number of carbonyl (C=O) groups is 3. The SMILES string of the molecule is CCCCCCCCCCCCCCCCCCN(CCCCCCCCCCCCCCCCCC)C(=O)C(CCC(C)=O)NC(=O)OC(C)(C)C. The molecule has 1 N–H and O–H groups in total. The summed E-state index contributed by atoms with van der Waals surface area (Å²) in [5.74, 6) is -0.0463. The van der Waals surface area contributed by atoms with Crippen molar-refractivity contribution >= 4 is 17.8 Å². The number of hydrogen-bond acceptors (Lipinski definition) is 4. The first-order valence-corrected chi connectivity index (χ1v) is 23.4. The van der Waals surface area contributed by atoms with Gasteiger partial charge in [0.05, 0.1) is 0 Å². The standard InChI is InChI=1S/C47H92N2O4/c1-7-9-11-13-15-17-19-21-23-25-27-29-31-33-35-37-41-49(45(51)44(40-39-43(3)50)48-46(52)53-47(4,5)6)42-38-36-34-32-30-28-26-24-22-20-18-16-14-12-10-8-2/h44H,7-42H2,1-6H3,(H,48,52). The van der Waals surface area contributed by atoms with Crippen molar-refractivity contribution in [2.45, 2.75) is 271 Å². The maximum atomic E-state index is 13.9. The molecule has 0 aliphatic rings. The Balaban J connectivity index is 4.57. The minimum absolute atomic E-state index is 0.0240. The van der Waals surface area contributed by atoms with E-state index in [9.17, 15) is 14.4 Å². The summed E-state index contributed by atoms with van der Waals surface area (Å²) < 4.78 is 5.49. The van der Waals surface area contributed by atoms with E-state index in [4.69, 9.17) is 4.74 Å². The van der Waals surface area contributed by atoms with Crippen molar-refractivity contribution < 1.29 is 19.1 Å². The summed E-state index contributed by atoms with van der Waals surface area (Å²) in [6, 6.07) is -0.740. The molecule has 6 nitrogen and oxygen atoms in total. The molecule has 314 valence electrons. The van der Waals surface area contributed by atoms with Crippen molar-refractivity contribution in [2.75, 3.05) is 13.1 Å². The van der Waals surface area contributed by atoms with Gasteiger partial charge in [-0.05, 0) is 47.0 Å². The number of carbonyl (C=O) groups excluding carboxylic acids is 3. The molecule has 0 heterocycles. The molecule has 1 atom stereocenters. The molecular weight excluding hydrogens is 657 g/mol. The highest BCUT2D eigenvalue weighted by Gasteiger charge is 2.28. The molecule has 0 aromatic carbocycles. The Kier molecular flexibility index (Phi) is 36.2. The first kappa shape index (κ1) is 51.4. The predicted octanol–water partition coefficient (Wildman–Crippen LogP) is 14.6.